The van der Waals surface area contributed by atoms with Crippen LogP contribution in [-0.4, -0.2) is 31.7 Å². The maximum atomic E-state index is 12.1. The van der Waals surface area contributed by atoms with Gasteiger partial charge < -0.3 is 14.8 Å². The Bertz CT molecular complexity index is 655. The molecule has 1 N–H and O–H groups in total. The lowest BCUT2D eigenvalue weighted by Crippen LogP contribution is -2.24. The summed E-state index contributed by atoms with van der Waals surface area (Å²) in [5.74, 6) is 1.13. The second kappa shape index (κ2) is 8.53. The van der Waals surface area contributed by atoms with Crippen LogP contribution in [0.4, 0.5) is 0 Å². The van der Waals surface area contributed by atoms with Gasteiger partial charge in [-0.3, -0.25) is 4.79 Å². The third kappa shape index (κ3) is 4.22. The molecule has 0 atom stereocenters. The number of hydrogen-bond donors (Lipinski definition) is 1. The van der Waals surface area contributed by atoms with Crippen LogP contribution in [0.3, 0.4) is 0 Å². The van der Waals surface area contributed by atoms with Crippen molar-refractivity contribution in [3.8, 4) is 22.1 Å². The van der Waals surface area contributed by atoms with E-state index < -0.39 is 0 Å². The van der Waals surface area contributed by atoms with E-state index in [2.05, 4.69) is 17.2 Å². The molecule has 6 heteroatoms. The number of rotatable bonds is 8. The molecule has 0 fully saturated rings. The Morgan fingerprint density at radius 3 is 2.78 bits per heavy atom. The zero-order valence-corrected chi connectivity index (χ0v) is 14.5. The number of benzene rings is 1. The number of ether oxygens (including phenoxy) is 2. The lowest BCUT2D eigenvalue weighted by atomic mass is 10.2. The summed E-state index contributed by atoms with van der Waals surface area (Å²) in [4.78, 5) is 16.5. The number of carbonyl (C=O) groups excluding carboxylic acids is 1. The first-order valence-electron chi connectivity index (χ1n) is 7.66. The average molecular weight is 334 g/mol. The summed E-state index contributed by atoms with van der Waals surface area (Å²) in [6, 6.07) is 5.61. The fourth-order valence-electron chi connectivity index (χ4n) is 2.22. The summed E-state index contributed by atoms with van der Waals surface area (Å²) < 4.78 is 10.7. The van der Waals surface area contributed by atoms with E-state index in [1.807, 2.05) is 18.2 Å². The van der Waals surface area contributed by atoms with Crippen molar-refractivity contribution in [2.24, 2.45) is 0 Å². The first-order valence-corrected chi connectivity index (χ1v) is 8.54. The van der Waals surface area contributed by atoms with Crippen molar-refractivity contribution < 1.29 is 14.3 Å². The van der Waals surface area contributed by atoms with Gasteiger partial charge in [0.2, 0.25) is 0 Å². The third-order valence-corrected chi connectivity index (χ3v) is 4.31. The number of aromatic nitrogens is 1. The van der Waals surface area contributed by atoms with Crippen LogP contribution in [0.15, 0.2) is 23.6 Å². The van der Waals surface area contributed by atoms with Gasteiger partial charge in [-0.05, 0) is 18.6 Å². The van der Waals surface area contributed by atoms with Crippen molar-refractivity contribution in [2.45, 2.75) is 26.2 Å². The quantitative estimate of drug-likeness (QED) is 0.747. The molecule has 1 heterocycles. The maximum absolute atomic E-state index is 12.1. The molecule has 0 bridgehead atoms. The number of hydrogen-bond acceptors (Lipinski definition) is 5. The van der Waals surface area contributed by atoms with Crippen LogP contribution in [0.25, 0.3) is 10.6 Å². The SMILES string of the molecule is CCCCCNC(=O)c1csc(-c2cccc(OC)c2OC)n1. The highest BCUT2D eigenvalue weighted by atomic mass is 32.1. The maximum Gasteiger partial charge on any atom is 0.270 e. The Hall–Kier alpha value is -2.08. The molecule has 0 aliphatic carbocycles. The Morgan fingerprint density at radius 2 is 2.09 bits per heavy atom. The normalized spacial score (nSPS) is 10.4. The van der Waals surface area contributed by atoms with Crippen molar-refractivity contribution in [3.05, 3.63) is 29.3 Å². The molecule has 0 radical (unpaired) electrons. The molecule has 0 saturated carbocycles. The molecular weight excluding hydrogens is 312 g/mol. The van der Waals surface area contributed by atoms with E-state index in [4.69, 9.17) is 9.47 Å². The molecule has 2 rings (SSSR count). The van der Waals surface area contributed by atoms with Gasteiger partial charge in [0.1, 0.15) is 10.7 Å². The number of nitrogens with zero attached hydrogens (tertiary/aromatic N) is 1. The fourth-order valence-corrected chi connectivity index (χ4v) is 3.05. The van der Waals surface area contributed by atoms with Crippen molar-refractivity contribution in [1.29, 1.82) is 0 Å². The summed E-state index contributed by atoms with van der Waals surface area (Å²) in [6.45, 7) is 2.82. The van der Waals surface area contributed by atoms with Crippen LogP contribution in [0.5, 0.6) is 11.5 Å². The van der Waals surface area contributed by atoms with Gasteiger partial charge in [-0.25, -0.2) is 4.98 Å². The van der Waals surface area contributed by atoms with E-state index in [0.717, 1.165) is 29.8 Å². The predicted molar refractivity (Wildman–Crippen MR) is 92.5 cm³/mol. The summed E-state index contributed by atoms with van der Waals surface area (Å²) >= 11 is 1.42. The summed E-state index contributed by atoms with van der Waals surface area (Å²) in [5.41, 5.74) is 1.26. The number of amides is 1. The van der Waals surface area contributed by atoms with Crippen LogP contribution < -0.4 is 14.8 Å². The van der Waals surface area contributed by atoms with Crippen molar-refractivity contribution in [3.63, 3.8) is 0 Å². The molecular formula is C17H22N2O3S. The van der Waals surface area contributed by atoms with Crippen molar-refractivity contribution in [2.75, 3.05) is 20.8 Å². The van der Waals surface area contributed by atoms with E-state index in [-0.39, 0.29) is 5.91 Å². The summed E-state index contributed by atoms with van der Waals surface area (Å²) in [6.07, 6.45) is 3.24. The summed E-state index contributed by atoms with van der Waals surface area (Å²) in [7, 11) is 3.19. The van der Waals surface area contributed by atoms with Crippen LogP contribution in [0.1, 0.15) is 36.7 Å². The molecule has 0 unspecified atom stereocenters. The highest BCUT2D eigenvalue weighted by Gasteiger charge is 2.16. The van der Waals surface area contributed by atoms with E-state index in [0.29, 0.717) is 23.7 Å². The minimum atomic E-state index is -0.134. The molecule has 2 aromatic rings. The molecule has 0 saturated heterocycles. The minimum Gasteiger partial charge on any atom is -0.493 e. The first kappa shape index (κ1) is 17.3. The van der Waals surface area contributed by atoms with Crippen LogP contribution in [0.2, 0.25) is 0 Å². The molecule has 1 amide bonds. The first-order chi connectivity index (χ1) is 11.2. The van der Waals surface area contributed by atoms with E-state index in [9.17, 15) is 4.79 Å². The van der Waals surface area contributed by atoms with Gasteiger partial charge in [-0.2, -0.15) is 0 Å². The molecule has 0 spiro atoms. The number of para-hydroxylation sites is 1. The van der Waals surface area contributed by atoms with Crippen LogP contribution in [-0.2, 0) is 0 Å². The Labute approximate surface area is 140 Å². The number of unbranched alkanes of at least 4 members (excludes halogenated alkanes) is 2. The standard InChI is InChI=1S/C17H22N2O3S/c1-4-5-6-10-18-16(20)13-11-23-17(19-13)12-8-7-9-14(21-2)15(12)22-3/h7-9,11H,4-6,10H2,1-3H3,(H,18,20). The second-order valence-corrected chi connectivity index (χ2v) is 5.90. The van der Waals surface area contributed by atoms with E-state index in [1.54, 1.807) is 19.6 Å². The molecule has 0 aliphatic heterocycles. The van der Waals surface area contributed by atoms with Crippen LogP contribution >= 0.6 is 11.3 Å². The largest absolute Gasteiger partial charge is 0.493 e. The monoisotopic (exact) mass is 334 g/mol. The number of nitrogens with one attached hydrogen (secondary N) is 1. The lowest BCUT2D eigenvalue weighted by Gasteiger charge is -2.10. The highest BCUT2D eigenvalue weighted by Crippen LogP contribution is 2.38. The topological polar surface area (TPSA) is 60.5 Å². The second-order valence-electron chi connectivity index (χ2n) is 5.04. The Morgan fingerprint density at radius 1 is 1.26 bits per heavy atom. The smallest absolute Gasteiger partial charge is 0.270 e. The zero-order valence-electron chi connectivity index (χ0n) is 13.7. The summed E-state index contributed by atoms with van der Waals surface area (Å²) in [5, 5.41) is 5.40. The van der Waals surface area contributed by atoms with E-state index in [1.165, 1.54) is 11.3 Å². The number of carbonyl (C=O) groups is 1. The lowest BCUT2D eigenvalue weighted by molar-refractivity contribution is 0.0949. The van der Waals surface area contributed by atoms with Gasteiger partial charge in [0.05, 0.1) is 19.8 Å². The van der Waals surface area contributed by atoms with Crippen molar-refractivity contribution in [1.82, 2.24) is 10.3 Å². The molecule has 0 aliphatic rings. The third-order valence-electron chi connectivity index (χ3n) is 3.44. The van der Waals surface area contributed by atoms with Gasteiger partial charge >= 0.3 is 0 Å². The predicted octanol–water partition coefficient (Wildman–Crippen LogP) is 3.75. The number of thiazole rings is 1. The van der Waals surface area contributed by atoms with Gasteiger partial charge in [0, 0.05) is 11.9 Å². The van der Waals surface area contributed by atoms with E-state index >= 15 is 0 Å². The molecule has 23 heavy (non-hydrogen) atoms. The Balaban J connectivity index is 2.15. The Kier molecular flexibility index (Phi) is 6.40. The fraction of sp³-hybridized carbons (Fsp3) is 0.412. The zero-order chi connectivity index (χ0) is 16.7. The van der Waals surface area contributed by atoms with Gasteiger partial charge in [0.25, 0.3) is 5.91 Å². The molecule has 124 valence electrons. The minimum absolute atomic E-state index is 0.134. The molecule has 1 aromatic heterocycles. The van der Waals surface area contributed by atoms with Crippen LogP contribution in [0, 0.1) is 0 Å². The molecule has 1 aromatic carbocycles. The number of methoxy groups -OCH3 is 2. The van der Waals surface area contributed by atoms with Gasteiger partial charge in [0.15, 0.2) is 11.5 Å². The molecule has 5 nitrogen and oxygen atoms in total. The average Bonchev–Trinajstić information content (AvgIpc) is 3.07. The van der Waals surface area contributed by atoms with Gasteiger partial charge in [-0.1, -0.05) is 25.8 Å². The van der Waals surface area contributed by atoms with Crippen molar-refractivity contribution >= 4 is 17.2 Å². The highest BCUT2D eigenvalue weighted by molar-refractivity contribution is 7.13. The van der Waals surface area contributed by atoms with Gasteiger partial charge in [-0.15, -0.1) is 11.3 Å².